The topological polar surface area (TPSA) is 50.7 Å². The van der Waals surface area contributed by atoms with Gasteiger partial charge in [-0.2, -0.15) is 0 Å². The third-order valence-electron chi connectivity index (χ3n) is 2.28. The second-order valence-corrected chi connectivity index (χ2v) is 3.69. The molecule has 4 nitrogen and oxygen atoms in total. The van der Waals surface area contributed by atoms with Gasteiger partial charge in [0.2, 0.25) is 5.91 Å². The second-order valence-electron chi connectivity index (χ2n) is 3.42. The number of carbonyl (C=O) groups excluding carboxylic acids is 1. The zero-order valence-electron chi connectivity index (χ0n) is 8.79. The van der Waals surface area contributed by atoms with E-state index in [-0.39, 0.29) is 18.2 Å². The van der Waals surface area contributed by atoms with E-state index in [1.54, 1.807) is 25.3 Å². The Kier molecular flexibility index (Phi) is 3.10. The molecule has 84 valence electrons. The van der Waals surface area contributed by atoms with Crippen LogP contribution in [0.2, 0.25) is 0 Å². The van der Waals surface area contributed by atoms with E-state index < -0.39 is 0 Å². The van der Waals surface area contributed by atoms with E-state index in [4.69, 9.17) is 16.3 Å². The summed E-state index contributed by atoms with van der Waals surface area (Å²) in [4.78, 5) is 15.9. The molecule has 1 heterocycles. The molecule has 0 aromatic heterocycles. The lowest BCUT2D eigenvalue weighted by Crippen LogP contribution is -2.14. The van der Waals surface area contributed by atoms with Crippen LogP contribution in [0.3, 0.4) is 0 Å². The minimum Gasteiger partial charge on any atom is -0.497 e. The van der Waals surface area contributed by atoms with Gasteiger partial charge < -0.3 is 10.1 Å². The normalized spacial score (nSPS) is 14.6. The Bertz CT molecular complexity index is 457. The first-order valence-electron chi connectivity index (χ1n) is 4.83. The standard InChI is InChI=1S/C11H11ClN2O2/c1-16-8-2-3-9-10(5-8)14-11(15)4-7(6-12)13-9/h2-3,5H,4,6H2,1H3,(H,14,15). The summed E-state index contributed by atoms with van der Waals surface area (Å²) in [6.45, 7) is 0. The average molecular weight is 239 g/mol. The van der Waals surface area contributed by atoms with Gasteiger partial charge in [-0.25, -0.2) is 0 Å². The molecule has 1 aliphatic heterocycles. The number of nitrogens with one attached hydrogen (secondary N) is 1. The quantitative estimate of drug-likeness (QED) is 0.804. The van der Waals surface area contributed by atoms with Gasteiger partial charge >= 0.3 is 0 Å². The maximum absolute atomic E-state index is 11.5. The van der Waals surface area contributed by atoms with Crippen LogP contribution in [-0.4, -0.2) is 24.6 Å². The predicted octanol–water partition coefficient (Wildman–Crippen LogP) is 2.35. The number of nitrogens with zero attached hydrogens (tertiary/aromatic N) is 1. The summed E-state index contributed by atoms with van der Waals surface area (Å²) in [5.41, 5.74) is 2.04. The van der Waals surface area contributed by atoms with Gasteiger partial charge in [0.15, 0.2) is 0 Å². The molecular formula is C11H11ClN2O2. The van der Waals surface area contributed by atoms with Crippen molar-refractivity contribution in [2.45, 2.75) is 6.42 Å². The second kappa shape index (κ2) is 4.53. The van der Waals surface area contributed by atoms with Crippen LogP contribution in [0.15, 0.2) is 23.2 Å². The highest BCUT2D eigenvalue weighted by atomic mass is 35.5. The van der Waals surface area contributed by atoms with Crippen LogP contribution < -0.4 is 10.1 Å². The maximum atomic E-state index is 11.5. The van der Waals surface area contributed by atoms with E-state index >= 15 is 0 Å². The van der Waals surface area contributed by atoms with Gasteiger partial charge in [-0.05, 0) is 12.1 Å². The first-order valence-corrected chi connectivity index (χ1v) is 5.36. The van der Waals surface area contributed by atoms with Crippen LogP contribution in [-0.2, 0) is 4.79 Å². The van der Waals surface area contributed by atoms with Crippen molar-refractivity contribution in [2.75, 3.05) is 18.3 Å². The minimum absolute atomic E-state index is 0.105. The zero-order valence-corrected chi connectivity index (χ0v) is 9.54. The SMILES string of the molecule is COc1ccc2c(c1)NC(=O)CC(CCl)=N2. The van der Waals surface area contributed by atoms with Crippen LogP contribution in [0.5, 0.6) is 5.75 Å². The molecular weight excluding hydrogens is 228 g/mol. The molecule has 16 heavy (non-hydrogen) atoms. The van der Waals surface area contributed by atoms with Gasteiger partial charge in [0.1, 0.15) is 5.75 Å². The first kappa shape index (κ1) is 11.0. The summed E-state index contributed by atoms with van der Waals surface area (Å²) < 4.78 is 5.08. The maximum Gasteiger partial charge on any atom is 0.230 e. The Hall–Kier alpha value is -1.55. The first-order chi connectivity index (χ1) is 7.72. The van der Waals surface area contributed by atoms with E-state index in [2.05, 4.69) is 10.3 Å². The third kappa shape index (κ3) is 2.17. The van der Waals surface area contributed by atoms with Crippen LogP contribution in [0.4, 0.5) is 11.4 Å². The molecule has 1 amide bonds. The highest BCUT2D eigenvalue weighted by Crippen LogP contribution is 2.31. The molecule has 0 bridgehead atoms. The number of aliphatic imine (C=N–C) groups is 1. The molecule has 1 aromatic carbocycles. The Morgan fingerprint density at radius 3 is 3.06 bits per heavy atom. The van der Waals surface area contributed by atoms with Crippen molar-refractivity contribution < 1.29 is 9.53 Å². The summed E-state index contributed by atoms with van der Waals surface area (Å²) in [5.74, 6) is 0.841. The number of methoxy groups -OCH3 is 1. The van der Waals surface area contributed by atoms with Crippen LogP contribution in [0, 0.1) is 0 Å². The number of carbonyl (C=O) groups is 1. The van der Waals surface area contributed by atoms with Crippen molar-refractivity contribution in [3.8, 4) is 5.75 Å². The minimum atomic E-state index is -0.105. The number of alkyl halides is 1. The molecule has 2 rings (SSSR count). The monoisotopic (exact) mass is 238 g/mol. The van der Waals surface area contributed by atoms with E-state index in [1.165, 1.54) is 0 Å². The summed E-state index contributed by atoms with van der Waals surface area (Å²) in [5, 5.41) is 2.77. The molecule has 1 aliphatic rings. The molecule has 0 spiro atoms. The van der Waals surface area contributed by atoms with Gasteiger partial charge in [-0.3, -0.25) is 9.79 Å². The van der Waals surface area contributed by atoms with E-state index in [1.807, 2.05) is 0 Å². The Balaban J connectivity index is 2.46. The van der Waals surface area contributed by atoms with Crippen molar-refractivity contribution in [1.29, 1.82) is 0 Å². The lowest BCUT2D eigenvalue weighted by atomic mass is 10.2. The van der Waals surface area contributed by atoms with Gasteiger partial charge in [0, 0.05) is 11.8 Å². The smallest absolute Gasteiger partial charge is 0.230 e. The lowest BCUT2D eigenvalue weighted by molar-refractivity contribution is -0.115. The molecule has 0 atom stereocenters. The molecule has 0 saturated heterocycles. The molecule has 1 N–H and O–H groups in total. The molecule has 0 fully saturated rings. The number of benzene rings is 1. The fraction of sp³-hybridized carbons (Fsp3) is 0.273. The summed E-state index contributed by atoms with van der Waals surface area (Å²) in [7, 11) is 1.58. The largest absolute Gasteiger partial charge is 0.497 e. The van der Waals surface area contributed by atoms with Crippen molar-refractivity contribution >= 4 is 34.6 Å². The lowest BCUT2D eigenvalue weighted by Gasteiger charge is -2.06. The van der Waals surface area contributed by atoms with E-state index in [9.17, 15) is 4.79 Å². The number of ether oxygens (including phenoxy) is 1. The Labute approximate surface area is 98.3 Å². The summed E-state index contributed by atoms with van der Waals surface area (Å²) >= 11 is 5.71. The summed E-state index contributed by atoms with van der Waals surface area (Å²) in [6, 6.07) is 5.34. The van der Waals surface area contributed by atoms with Gasteiger partial charge in [-0.1, -0.05) is 0 Å². The molecule has 0 saturated carbocycles. The summed E-state index contributed by atoms with van der Waals surface area (Å²) in [6.07, 6.45) is 0.237. The van der Waals surface area contributed by atoms with E-state index in [0.29, 0.717) is 22.8 Å². The number of rotatable bonds is 2. The van der Waals surface area contributed by atoms with Crippen LogP contribution in [0.25, 0.3) is 0 Å². The number of halogens is 1. The van der Waals surface area contributed by atoms with Gasteiger partial charge in [0.25, 0.3) is 0 Å². The predicted molar refractivity (Wildman–Crippen MR) is 64.1 cm³/mol. The van der Waals surface area contributed by atoms with Crippen molar-refractivity contribution in [3.05, 3.63) is 18.2 Å². The van der Waals surface area contributed by atoms with Crippen molar-refractivity contribution in [1.82, 2.24) is 0 Å². The molecule has 0 unspecified atom stereocenters. The highest BCUT2D eigenvalue weighted by Gasteiger charge is 2.15. The average Bonchev–Trinajstić information content (AvgIpc) is 2.45. The number of fused-ring (bicyclic) bond motifs is 1. The van der Waals surface area contributed by atoms with Crippen molar-refractivity contribution in [3.63, 3.8) is 0 Å². The number of hydrogen-bond acceptors (Lipinski definition) is 3. The van der Waals surface area contributed by atoms with Crippen molar-refractivity contribution in [2.24, 2.45) is 4.99 Å². The fourth-order valence-electron chi connectivity index (χ4n) is 1.51. The molecule has 5 heteroatoms. The molecule has 0 aliphatic carbocycles. The van der Waals surface area contributed by atoms with Crippen LogP contribution in [0.1, 0.15) is 6.42 Å². The number of anilines is 1. The van der Waals surface area contributed by atoms with Gasteiger partial charge in [0.05, 0.1) is 30.8 Å². The Morgan fingerprint density at radius 2 is 2.38 bits per heavy atom. The Morgan fingerprint density at radius 1 is 1.56 bits per heavy atom. The molecule has 0 radical (unpaired) electrons. The fourth-order valence-corrected chi connectivity index (χ4v) is 1.66. The number of hydrogen-bond donors (Lipinski definition) is 1. The zero-order chi connectivity index (χ0) is 11.5. The third-order valence-corrected chi connectivity index (χ3v) is 2.58. The number of amides is 1. The molecule has 1 aromatic rings. The van der Waals surface area contributed by atoms with Gasteiger partial charge in [-0.15, -0.1) is 11.6 Å². The van der Waals surface area contributed by atoms with E-state index in [0.717, 1.165) is 0 Å². The van der Waals surface area contributed by atoms with Crippen LogP contribution >= 0.6 is 11.6 Å². The highest BCUT2D eigenvalue weighted by molar-refractivity contribution is 6.31.